The number of nitrogens with one attached hydrogen (secondary N) is 2. The van der Waals surface area contributed by atoms with Gasteiger partial charge in [0.15, 0.2) is 0 Å². The summed E-state index contributed by atoms with van der Waals surface area (Å²) in [4.78, 5) is 13.9. The summed E-state index contributed by atoms with van der Waals surface area (Å²) >= 11 is 0. The van der Waals surface area contributed by atoms with Crippen molar-refractivity contribution in [1.82, 2.24) is 15.5 Å². The second-order valence-corrected chi connectivity index (χ2v) is 8.71. The number of hydrogen-bond donors (Lipinski definition) is 2. The van der Waals surface area contributed by atoms with Gasteiger partial charge in [-0.1, -0.05) is 6.58 Å². The quantitative estimate of drug-likeness (QED) is 0.535. The summed E-state index contributed by atoms with van der Waals surface area (Å²) in [6, 6.07) is 2.27. The van der Waals surface area contributed by atoms with Crippen LogP contribution < -0.4 is 10.6 Å². The van der Waals surface area contributed by atoms with E-state index in [1.807, 2.05) is 4.90 Å². The van der Waals surface area contributed by atoms with E-state index in [1.165, 1.54) is 0 Å². The number of hydrogen-bond acceptors (Lipinski definition) is 3. The van der Waals surface area contributed by atoms with Crippen LogP contribution in [0.4, 0.5) is 30.7 Å². The predicted octanol–water partition coefficient (Wildman–Crippen LogP) is 4.58. The lowest BCUT2D eigenvalue weighted by Gasteiger charge is -2.32. The summed E-state index contributed by atoms with van der Waals surface area (Å²) in [6.07, 6.45) is -7.99. The van der Waals surface area contributed by atoms with Crippen molar-refractivity contribution < 1.29 is 35.5 Å². The Morgan fingerprint density at radius 3 is 2.24 bits per heavy atom. The molecule has 1 saturated heterocycles. The van der Waals surface area contributed by atoms with E-state index in [0.717, 1.165) is 25.0 Å². The number of benzene rings is 1. The number of amides is 1. The fourth-order valence-electron chi connectivity index (χ4n) is 3.97. The van der Waals surface area contributed by atoms with E-state index in [4.69, 9.17) is 0 Å². The van der Waals surface area contributed by atoms with Gasteiger partial charge in [-0.05, 0) is 62.9 Å². The largest absolute Gasteiger partial charge is 0.416 e. The van der Waals surface area contributed by atoms with Gasteiger partial charge in [-0.15, -0.1) is 0 Å². The minimum absolute atomic E-state index is 0.0304. The molecule has 1 aliphatic heterocycles. The van der Waals surface area contributed by atoms with E-state index < -0.39 is 35.1 Å². The smallest absolute Gasteiger partial charge is 0.385 e. The third-order valence-corrected chi connectivity index (χ3v) is 6.33. The Kier molecular flexibility index (Phi) is 7.30. The van der Waals surface area contributed by atoms with Gasteiger partial charge in [0.05, 0.1) is 5.56 Å². The van der Waals surface area contributed by atoms with Crippen molar-refractivity contribution >= 4 is 11.6 Å². The molecule has 1 aromatic carbocycles. The Bertz CT molecular complexity index is 870. The van der Waals surface area contributed by atoms with Gasteiger partial charge < -0.3 is 15.5 Å². The minimum Gasteiger partial charge on any atom is -0.385 e. The number of likely N-dealkylation sites (tertiary alicyclic amines) is 1. The highest BCUT2D eigenvalue weighted by molar-refractivity contribution is 5.86. The van der Waals surface area contributed by atoms with Crippen molar-refractivity contribution in [3.8, 4) is 0 Å². The van der Waals surface area contributed by atoms with Gasteiger partial charge >= 0.3 is 12.4 Å². The van der Waals surface area contributed by atoms with Gasteiger partial charge in [0.1, 0.15) is 11.2 Å². The number of nitrogens with zero attached hydrogens (tertiary/aromatic N) is 1. The van der Waals surface area contributed by atoms with Crippen molar-refractivity contribution in [2.24, 2.45) is 11.3 Å². The molecule has 33 heavy (non-hydrogen) atoms. The fourth-order valence-corrected chi connectivity index (χ4v) is 3.97. The molecule has 2 aliphatic rings. The zero-order chi connectivity index (χ0) is 24.4. The second-order valence-electron chi connectivity index (χ2n) is 8.71. The third-order valence-electron chi connectivity index (χ3n) is 6.33. The average Bonchev–Trinajstić information content (AvgIpc) is 3.54. The van der Waals surface area contributed by atoms with Crippen LogP contribution in [0.1, 0.15) is 36.8 Å². The molecule has 1 aromatic rings. The van der Waals surface area contributed by atoms with Gasteiger partial charge in [0.25, 0.3) is 0 Å². The normalized spacial score (nSPS) is 19.2. The number of halogens is 7. The Morgan fingerprint density at radius 2 is 1.70 bits per heavy atom. The minimum atomic E-state index is -4.66. The molecule has 0 spiro atoms. The number of carbonyl (C=O) groups is 1. The van der Waals surface area contributed by atoms with Crippen LogP contribution in [0.15, 0.2) is 24.8 Å². The number of alkyl halides is 6. The van der Waals surface area contributed by atoms with E-state index >= 15 is 0 Å². The van der Waals surface area contributed by atoms with E-state index in [9.17, 15) is 35.5 Å². The van der Waals surface area contributed by atoms with Gasteiger partial charge in [0.2, 0.25) is 5.91 Å². The predicted molar refractivity (Wildman–Crippen MR) is 108 cm³/mol. The van der Waals surface area contributed by atoms with Crippen molar-refractivity contribution in [3.63, 3.8) is 0 Å². The molecule has 0 radical (unpaired) electrons. The van der Waals surface area contributed by atoms with Crippen LogP contribution in [-0.2, 0) is 11.0 Å². The molecule has 3 rings (SSSR count). The molecule has 1 heterocycles. The summed E-state index contributed by atoms with van der Waals surface area (Å²) in [5.41, 5.74) is -3.06. The molecule has 0 bridgehead atoms. The second kappa shape index (κ2) is 9.52. The molecule has 4 nitrogen and oxygen atoms in total. The average molecular weight is 481 g/mol. The lowest BCUT2D eigenvalue weighted by molar-refractivity contribution is -0.192. The highest BCUT2D eigenvalue weighted by Crippen LogP contribution is 2.57. The van der Waals surface area contributed by atoms with Crippen LogP contribution in [0.25, 0.3) is 5.70 Å². The molecular formula is C22H26F7N3O. The Morgan fingerprint density at radius 1 is 1.06 bits per heavy atom. The zero-order valence-corrected chi connectivity index (χ0v) is 17.9. The van der Waals surface area contributed by atoms with E-state index in [2.05, 4.69) is 17.2 Å². The number of piperidine rings is 1. The summed E-state index contributed by atoms with van der Waals surface area (Å²) < 4.78 is 91.1. The molecule has 0 atom stereocenters. The topological polar surface area (TPSA) is 44.4 Å². The van der Waals surface area contributed by atoms with Gasteiger partial charge in [-0.3, -0.25) is 4.79 Å². The van der Waals surface area contributed by atoms with Crippen LogP contribution in [0.5, 0.6) is 0 Å². The molecular weight excluding hydrogens is 455 g/mol. The molecule has 11 heteroatoms. The van der Waals surface area contributed by atoms with Crippen LogP contribution in [0.2, 0.25) is 0 Å². The van der Waals surface area contributed by atoms with Gasteiger partial charge in [-0.25, -0.2) is 4.39 Å². The fraction of sp³-hybridized carbons (Fsp3) is 0.591. The Balaban J connectivity index is 1.38. The molecule has 1 amide bonds. The van der Waals surface area contributed by atoms with Crippen LogP contribution in [0.3, 0.4) is 0 Å². The van der Waals surface area contributed by atoms with Crippen LogP contribution in [-0.4, -0.2) is 49.7 Å². The standard InChI is InChI=1S/C22H26F7N3O/c1-14(16-10-17(21(24,25)26)12-18(23)11-16)31-13-15-2-7-32(8-3-15)9-6-30-19(33)20(4-5-20)22(27,28)29/h10-12,15,31H,1-9,13H2,(H,30,33). The van der Waals surface area contributed by atoms with E-state index in [1.54, 1.807) is 0 Å². The Hall–Kier alpha value is -2.30. The Labute approximate surface area is 187 Å². The van der Waals surface area contributed by atoms with Crippen LogP contribution in [0, 0.1) is 17.2 Å². The van der Waals surface area contributed by atoms with Crippen molar-refractivity contribution in [1.29, 1.82) is 0 Å². The number of rotatable bonds is 8. The maximum atomic E-state index is 13.6. The molecule has 2 N–H and O–H groups in total. The lowest BCUT2D eigenvalue weighted by Crippen LogP contribution is -2.45. The molecule has 0 unspecified atom stereocenters. The monoisotopic (exact) mass is 481 g/mol. The van der Waals surface area contributed by atoms with E-state index in [-0.39, 0.29) is 36.6 Å². The summed E-state index contributed by atoms with van der Waals surface area (Å²) in [5, 5.41) is 5.37. The molecule has 0 aromatic heterocycles. The first-order valence-corrected chi connectivity index (χ1v) is 10.7. The summed E-state index contributed by atoms with van der Waals surface area (Å²) in [7, 11) is 0. The first-order chi connectivity index (χ1) is 15.3. The van der Waals surface area contributed by atoms with E-state index in [0.29, 0.717) is 32.2 Å². The third kappa shape index (κ3) is 6.18. The SMILES string of the molecule is C=C(NCC1CCN(CCNC(=O)C2(C(F)(F)F)CC2)CC1)c1cc(F)cc(C(F)(F)F)c1. The highest BCUT2D eigenvalue weighted by atomic mass is 19.4. The van der Waals surface area contributed by atoms with Gasteiger partial charge in [0, 0.05) is 30.9 Å². The first kappa shape index (κ1) is 25.3. The summed E-state index contributed by atoms with van der Waals surface area (Å²) in [6.45, 7) is 6.10. The highest BCUT2D eigenvalue weighted by Gasteiger charge is 2.68. The molecule has 1 aliphatic carbocycles. The molecule has 184 valence electrons. The van der Waals surface area contributed by atoms with Crippen molar-refractivity contribution in [3.05, 3.63) is 41.7 Å². The zero-order valence-electron chi connectivity index (χ0n) is 17.9. The van der Waals surface area contributed by atoms with Crippen molar-refractivity contribution in [2.45, 2.75) is 38.0 Å². The number of carbonyl (C=O) groups excluding carboxylic acids is 1. The van der Waals surface area contributed by atoms with Crippen molar-refractivity contribution in [2.75, 3.05) is 32.7 Å². The van der Waals surface area contributed by atoms with Crippen LogP contribution >= 0.6 is 0 Å². The lowest BCUT2D eigenvalue weighted by atomic mass is 9.96. The maximum Gasteiger partial charge on any atom is 0.416 e. The summed E-state index contributed by atoms with van der Waals surface area (Å²) in [5.74, 6) is -1.74. The molecule has 2 fully saturated rings. The molecule has 1 saturated carbocycles. The van der Waals surface area contributed by atoms with Gasteiger partial charge in [-0.2, -0.15) is 26.3 Å². The first-order valence-electron chi connectivity index (χ1n) is 10.7. The maximum absolute atomic E-state index is 13.6.